The van der Waals surface area contributed by atoms with Crippen LogP contribution in [0.5, 0.6) is 5.75 Å². The maximum absolute atomic E-state index is 12.2. The quantitative estimate of drug-likeness (QED) is 0.447. The van der Waals surface area contributed by atoms with Crippen LogP contribution >= 0.6 is 0 Å². The molecule has 37 heavy (non-hydrogen) atoms. The molecule has 2 aliphatic rings. The van der Waals surface area contributed by atoms with Gasteiger partial charge in [0.25, 0.3) is 0 Å². The van der Waals surface area contributed by atoms with E-state index in [-0.39, 0.29) is 6.03 Å². The Labute approximate surface area is 216 Å². The topological polar surface area (TPSA) is 111 Å². The Bertz CT molecular complexity index is 1290. The van der Waals surface area contributed by atoms with Gasteiger partial charge in [0, 0.05) is 69.0 Å². The lowest BCUT2D eigenvalue weighted by Crippen LogP contribution is -2.44. The van der Waals surface area contributed by atoms with Gasteiger partial charge in [0.1, 0.15) is 11.6 Å². The average molecular weight is 504 g/mol. The highest BCUT2D eigenvalue weighted by Crippen LogP contribution is 2.35. The fourth-order valence-corrected chi connectivity index (χ4v) is 4.59. The van der Waals surface area contributed by atoms with Crippen molar-refractivity contribution < 1.29 is 9.53 Å². The summed E-state index contributed by atoms with van der Waals surface area (Å²) in [7, 11) is 3.83. The number of pyridine rings is 1. The molecule has 194 valence electrons. The van der Waals surface area contributed by atoms with Crippen molar-refractivity contribution in [1.82, 2.24) is 25.2 Å². The summed E-state index contributed by atoms with van der Waals surface area (Å²) >= 11 is 0. The molecule has 0 aliphatic carbocycles. The Morgan fingerprint density at radius 1 is 1.00 bits per heavy atom. The fraction of sp³-hybridized carbons (Fsp3) is 0.385. The number of hydrogen-bond acceptors (Lipinski definition) is 9. The Morgan fingerprint density at radius 2 is 1.81 bits per heavy atom. The number of piperazine rings is 1. The van der Waals surface area contributed by atoms with Crippen molar-refractivity contribution in [3.8, 4) is 5.75 Å². The highest BCUT2D eigenvalue weighted by Gasteiger charge is 2.25. The number of carbonyl (C=O) groups is 1. The van der Waals surface area contributed by atoms with Gasteiger partial charge in [-0.25, -0.2) is 14.8 Å². The molecule has 0 atom stereocenters. The standard InChI is InChI=1S/C26H33N9O2/c1-17-14-20(22(37-4)15-21(17)34-12-10-33(3)11-13-34)31-25-29-16-18(2)23(32-25)30-19-6-5-7-27-24(19)35-9-8-28-26(35)36/h5-7,14-16H,8-13H2,1-4H3,(H,28,36)(H2,29,30,31,32). The predicted molar refractivity (Wildman–Crippen MR) is 146 cm³/mol. The van der Waals surface area contributed by atoms with Crippen molar-refractivity contribution in [3.63, 3.8) is 0 Å². The number of benzene rings is 1. The number of rotatable bonds is 7. The molecule has 1 aromatic carbocycles. The minimum atomic E-state index is -0.161. The van der Waals surface area contributed by atoms with Crippen LogP contribution in [-0.4, -0.2) is 79.3 Å². The number of urea groups is 1. The second kappa shape index (κ2) is 10.5. The molecular formula is C26H33N9O2. The molecule has 2 fully saturated rings. The Hall–Kier alpha value is -4.12. The number of likely N-dealkylation sites (N-methyl/N-ethyl adjacent to an activating group) is 1. The number of aromatic nitrogens is 3. The number of methoxy groups -OCH3 is 1. The summed E-state index contributed by atoms with van der Waals surface area (Å²) < 4.78 is 5.74. The second-order valence-electron chi connectivity index (χ2n) is 9.36. The third-order valence-electron chi connectivity index (χ3n) is 6.73. The summed E-state index contributed by atoms with van der Waals surface area (Å²) in [6.07, 6.45) is 3.43. The van der Waals surface area contributed by atoms with Gasteiger partial charge in [-0.2, -0.15) is 4.98 Å². The summed E-state index contributed by atoms with van der Waals surface area (Å²) in [6.45, 7) is 9.23. The number of carbonyl (C=O) groups excluding carboxylic acids is 1. The van der Waals surface area contributed by atoms with Crippen LogP contribution in [-0.2, 0) is 0 Å². The van der Waals surface area contributed by atoms with Gasteiger partial charge in [-0.1, -0.05) is 0 Å². The lowest BCUT2D eigenvalue weighted by molar-refractivity contribution is 0.252. The van der Waals surface area contributed by atoms with Crippen molar-refractivity contribution in [3.05, 3.63) is 47.8 Å². The number of anilines is 6. The van der Waals surface area contributed by atoms with Gasteiger partial charge in [0.15, 0.2) is 5.82 Å². The van der Waals surface area contributed by atoms with Gasteiger partial charge in [-0.15, -0.1) is 0 Å². The molecular weight excluding hydrogens is 470 g/mol. The lowest BCUT2D eigenvalue weighted by atomic mass is 10.1. The van der Waals surface area contributed by atoms with Crippen LogP contribution in [0.15, 0.2) is 36.7 Å². The smallest absolute Gasteiger partial charge is 0.323 e. The normalized spacial score (nSPS) is 16.1. The zero-order chi connectivity index (χ0) is 25.9. The first kappa shape index (κ1) is 24.6. The maximum Gasteiger partial charge on any atom is 0.323 e. The Kier molecular flexibility index (Phi) is 6.95. The van der Waals surface area contributed by atoms with Gasteiger partial charge < -0.3 is 30.5 Å². The number of hydrogen-bond donors (Lipinski definition) is 3. The Morgan fingerprint density at radius 3 is 2.54 bits per heavy atom. The van der Waals surface area contributed by atoms with Crippen molar-refractivity contribution >= 4 is 40.7 Å². The summed E-state index contributed by atoms with van der Waals surface area (Å²) in [6, 6.07) is 7.70. The fourth-order valence-electron chi connectivity index (χ4n) is 4.59. The molecule has 2 saturated heterocycles. The minimum absolute atomic E-state index is 0.161. The van der Waals surface area contributed by atoms with Gasteiger partial charge in [0.05, 0.1) is 18.5 Å². The van der Waals surface area contributed by atoms with Crippen molar-refractivity contribution in [1.29, 1.82) is 0 Å². The predicted octanol–water partition coefficient (Wildman–Crippen LogP) is 3.27. The summed E-state index contributed by atoms with van der Waals surface area (Å²) in [5.41, 5.74) is 4.68. The van der Waals surface area contributed by atoms with E-state index in [2.05, 4.69) is 61.8 Å². The molecule has 0 saturated carbocycles. The summed E-state index contributed by atoms with van der Waals surface area (Å²) in [5.74, 6) is 2.34. The Balaban J connectivity index is 1.39. The average Bonchev–Trinajstić information content (AvgIpc) is 3.33. The first-order valence-corrected chi connectivity index (χ1v) is 12.4. The third kappa shape index (κ3) is 5.21. The molecule has 2 amide bonds. The van der Waals surface area contributed by atoms with E-state index in [1.165, 1.54) is 5.69 Å². The van der Waals surface area contributed by atoms with Crippen molar-refractivity contribution in [2.24, 2.45) is 0 Å². The van der Waals surface area contributed by atoms with Crippen LogP contribution < -0.4 is 30.5 Å². The van der Waals surface area contributed by atoms with Crippen LogP contribution in [0.4, 0.5) is 39.4 Å². The van der Waals surface area contributed by atoms with E-state index in [0.717, 1.165) is 48.7 Å². The van der Waals surface area contributed by atoms with Crippen LogP contribution in [0.25, 0.3) is 0 Å². The molecule has 2 aromatic heterocycles. The number of nitrogens with zero attached hydrogens (tertiary/aromatic N) is 6. The number of nitrogens with one attached hydrogen (secondary N) is 3. The molecule has 4 heterocycles. The first-order chi connectivity index (χ1) is 17.9. The van der Waals surface area contributed by atoms with Crippen LogP contribution in [0.1, 0.15) is 11.1 Å². The monoisotopic (exact) mass is 503 g/mol. The number of amides is 2. The molecule has 11 nitrogen and oxygen atoms in total. The van der Waals surface area contributed by atoms with E-state index < -0.39 is 0 Å². The lowest BCUT2D eigenvalue weighted by Gasteiger charge is -2.35. The number of ether oxygens (including phenoxy) is 1. The van der Waals surface area contributed by atoms with E-state index in [0.29, 0.717) is 36.4 Å². The van der Waals surface area contributed by atoms with Gasteiger partial charge in [-0.05, 0) is 44.7 Å². The van der Waals surface area contributed by atoms with E-state index in [4.69, 9.17) is 9.72 Å². The molecule has 0 bridgehead atoms. The molecule has 2 aliphatic heterocycles. The largest absolute Gasteiger partial charge is 0.494 e. The second-order valence-corrected chi connectivity index (χ2v) is 9.36. The molecule has 11 heteroatoms. The zero-order valence-electron chi connectivity index (χ0n) is 21.7. The van der Waals surface area contributed by atoms with E-state index in [1.54, 1.807) is 24.4 Å². The molecule has 5 rings (SSSR count). The molecule has 3 aromatic rings. The van der Waals surface area contributed by atoms with Crippen LogP contribution in [0, 0.1) is 13.8 Å². The van der Waals surface area contributed by atoms with Crippen LogP contribution in [0.2, 0.25) is 0 Å². The molecule has 0 radical (unpaired) electrons. The zero-order valence-corrected chi connectivity index (χ0v) is 21.7. The van der Waals surface area contributed by atoms with Crippen molar-refractivity contribution in [2.45, 2.75) is 13.8 Å². The van der Waals surface area contributed by atoms with Gasteiger partial charge in [0.2, 0.25) is 5.95 Å². The maximum atomic E-state index is 12.2. The number of aryl methyl sites for hydroxylation is 2. The molecule has 0 unspecified atom stereocenters. The summed E-state index contributed by atoms with van der Waals surface area (Å²) in [5, 5.41) is 9.49. The SMILES string of the molecule is COc1cc(N2CCN(C)CC2)c(C)cc1Nc1ncc(C)c(Nc2cccnc2N2CCNC2=O)n1. The van der Waals surface area contributed by atoms with E-state index >= 15 is 0 Å². The molecule has 3 N–H and O–H groups in total. The minimum Gasteiger partial charge on any atom is -0.494 e. The van der Waals surface area contributed by atoms with Gasteiger partial charge >= 0.3 is 6.03 Å². The highest BCUT2D eigenvalue weighted by atomic mass is 16.5. The summed E-state index contributed by atoms with van der Waals surface area (Å²) in [4.78, 5) is 32.2. The van der Waals surface area contributed by atoms with Crippen LogP contribution in [0.3, 0.4) is 0 Å². The first-order valence-electron chi connectivity index (χ1n) is 12.4. The highest BCUT2D eigenvalue weighted by molar-refractivity contribution is 5.96. The van der Waals surface area contributed by atoms with E-state index in [1.807, 2.05) is 19.1 Å². The molecule has 0 spiro atoms. The third-order valence-corrected chi connectivity index (χ3v) is 6.73. The van der Waals surface area contributed by atoms with Crippen molar-refractivity contribution in [2.75, 3.05) is 73.9 Å². The van der Waals surface area contributed by atoms with Gasteiger partial charge in [-0.3, -0.25) is 4.90 Å². The van der Waals surface area contributed by atoms with E-state index in [9.17, 15) is 4.79 Å².